The summed E-state index contributed by atoms with van der Waals surface area (Å²) in [6.45, 7) is 4.29. The highest BCUT2D eigenvalue weighted by Gasteiger charge is 2.29. The zero-order valence-electron chi connectivity index (χ0n) is 20.4. The van der Waals surface area contributed by atoms with Gasteiger partial charge in [0.15, 0.2) is 0 Å². The van der Waals surface area contributed by atoms with Crippen LogP contribution in [0.1, 0.15) is 58.9 Å². The molecule has 0 aromatic heterocycles. The summed E-state index contributed by atoms with van der Waals surface area (Å²) in [5.74, 6) is 0.639. The van der Waals surface area contributed by atoms with Gasteiger partial charge in [0, 0.05) is 25.2 Å². The second-order valence-corrected chi connectivity index (χ2v) is 9.64. The Bertz CT molecular complexity index is 1200. The SMILES string of the molecule is CCCCN1C(=O)c2ccccc2Nc2ccc(C(=O)N3CCC(Cc4ccccc4)CC3)cc21. The number of hydrogen-bond donors (Lipinski definition) is 1. The van der Waals surface area contributed by atoms with Gasteiger partial charge in [0.05, 0.1) is 22.6 Å². The van der Waals surface area contributed by atoms with E-state index in [9.17, 15) is 9.59 Å². The van der Waals surface area contributed by atoms with Gasteiger partial charge in [-0.2, -0.15) is 0 Å². The normalized spacial score (nSPS) is 15.7. The number of anilines is 3. The molecule has 3 aromatic carbocycles. The van der Waals surface area contributed by atoms with E-state index in [4.69, 9.17) is 0 Å². The van der Waals surface area contributed by atoms with E-state index in [0.717, 1.165) is 62.3 Å². The standard InChI is InChI=1S/C30H33N3O2/c1-2-3-17-33-28-21-24(13-14-27(28)31-26-12-8-7-11-25(26)30(33)35)29(34)32-18-15-23(16-19-32)20-22-9-5-4-6-10-22/h4-14,21,23,31H,2-3,15-20H2,1H3. The summed E-state index contributed by atoms with van der Waals surface area (Å²) in [7, 11) is 0. The average Bonchev–Trinajstić information content (AvgIpc) is 3.01. The minimum Gasteiger partial charge on any atom is -0.353 e. The van der Waals surface area contributed by atoms with Crippen molar-refractivity contribution in [2.75, 3.05) is 29.9 Å². The second kappa shape index (κ2) is 10.3. The first-order valence-corrected chi connectivity index (χ1v) is 12.8. The van der Waals surface area contributed by atoms with Gasteiger partial charge < -0.3 is 15.1 Å². The van der Waals surface area contributed by atoms with Crippen LogP contribution in [0.15, 0.2) is 72.8 Å². The van der Waals surface area contributed by atoms with E-state index in [-0.39, 0.29) is 11.8 Å². The summed E-state index contributed by atoms with van der Waals surface area (Å²) < 4.78 is 0. The van der Waals surface area contributed by atoms with Crippen LogP contribution in [0, 0.1) is 5.92 Å². The van der Waals surface area contributed by atoms with E-state index in [1.165, 1.54) is 5.56 Å². The number of unbranched alkanes of at least 4 members (excludes halogenated alkanes) is 1. The Kier molecular flexibility index (Phi) is 6.84. The minimum absolute atomic E-state index is 0.0216. The third-order valence-corrected chi connectivity index (χ3v) is 7.21. The van der Waals surface area contributed by atoms with Crippen LogP contribution >= 0.6 is 0 Å². The molecule has 0 saturated carbocycles. The highest BCUT2D eigenvalue weighted by Crippen LogP contribution is 2.37. The molecule has 0 bridgehead atoms. The lowest BCUT2D eigenvalue weighted by Crippen LogP contribution is -2.39. The largest absolute Gasteiger partial charge is 0.353 e. The highest BCUT2D eigenvalue weighted by atomic mass is 16.2. The molecule has 35 heavy (non-hydrogen) atoms. The summed E-state index contributed by atoms with van der Waals surface area (Å²) in [5.41, 5.74) is 5.12. The monoisotopic (exact) mass is 467 g/mol. The lowest BCUT2D eigenvalue weighted by atomic mass is 9.90. The van der Waals surface area contributed by atoms with Gasteiger partial charge in [-0.3, -0.25) is 9.59 Å². The molecular weight excluding hydrogens is 434 g/mol. The third kappa shape index (κ3) is 4.95. The summed E-state index contributed by atoms with van der Waals surface area (Å²) in [6.07, 6.45) is 5.00. The van der Waals surface area contributed by atoms with Crippen molar-refractivity contribution < 1.29 is 9.59 Å². The van der Waals surface area contributed by atoms with E-state index in [1.54, 1.807) is 0 Å². The number of para-hydroxylation sites is 1. The van der Waals surface area contributed by atoms with E-state index >= 15 is 0 Å². The summed E-state index contributed by atoms with van der Waals surface area (Å²) >= 11 is 0. The molecule has 5 heteroatoms. The summed E-state index contributed by atoms with van der Waals surface area (Å²) in [6, 6.07) is 24.0. The highest BCUT2D eigenvalue weighted by molar-refractivity contribution is 6.14. The molecular formula is C30H33N3O2. The van der Waals surface area contributed by atoms with Crippen molar-refractivity contribution in [1.29, 1.82) is 0 Å². The van der Waals surface area contributed by atoms with Gasteiger partial charge in [0.2, 0.25) is 0 Å². The molecule has 2 aliphatic rings. The van der Waals surface area contributed by atoms with Crippen LogP contribution in [0.2, 0.25) is 0 Å². The molecule has 180 valence electrons. The van der Waals surface area contributed by atoms with Crippen LogP contribution in [0.4, 0.5) is 17.1 Å². The van der Waals surface area contributed by atoms with Gasteiger partial charge in [0.1, 0.15) is 0 Å². The molecule has 0 aliphatic carbocycles. The number of fused-ring (bicyclic) bond motifs is 2. The predicted molar refractivity (Wildman–Crippen MR) is 142 cm³/mol. The van der Waals surface area contributed by atoms with E-state index in [0.29, 0.717) is 23.6 Å². The van der Waals surface area contributed by atoms with Crippen molar-refractivity contribution >= 4 is 28.9 Å². The predicted octanol–water partition coefficient (Wildman–Crippen LogP) is 6.29. The number of hydrogen-bond acceptors (Lipinski definition) is 3. The molecule has 1 N–H and O–H groups in total. The fraction of sp³-hybridized carbons (Fsp3) is 0.333. The zero-order chi connectivity index (χ0) is 24.2. The number of likely N-dealkylation sites (tertiary alicyclic amines) is 1. The molecule has 1 saturated heterocycles. The van der Waals surface area contributed by atoms with Crippen LogP contribution in [0.3, 0.4) is 0 Å². The van der Waals surface area contributed by atoms with Crippen molar-refractivity contribution in [2.24, 2.45) is 5.92 Å². The first kappa shape index (κ1) is 23.2. The topological polar surface area (TPSA) is 52.7 Å². The number of carbonyl (C=O) groups excluding carboxylic acids is 2. The maximum Gasteiger partial charge on any atom is 0.260 e. The van der Waals surface area contributed by atoms with E-state index in [1.807, 2.05) is 52.3 Å². The van der Waals surface area contributed by atoms with Crippen LogP contribution in [0.5, 0.6) is 0 Å². The first-order chi connectivity index (χ1) is 17.1. The first-order valence-electron chi connectivity index (χ1n) is 12.8. The fourth-order valence-electron chi connectivity index (χ4n) is 5.18. The molecule has 2 amide bonds. The lowest BCUT2D eigenvalue weighted by Gasteiger charge is -2.32. The Labute approximate surface area is 207 Å². The average molecular weight is 468 g/mol. The quantitative estimate of drug-likeness (QED) is 0.464. The molecule has 2 aliphatic heterocycles. The second-order valence-electron chi connectivity index (χ2n) is 9.64. The molecule has 0 spiro atoms. The third-order valence-electron chi connectivity index (χ3n) is 7.21. The van der Waals surface area contributed by atoms with Crippen molar-refractivity contribution in [3.63, 3.8) is 0 Å². The van der Waals surface area contributed by atoms with Gasteiger partial charge in [-0.15, -0.1) is 0 Å². The maximum absolute atomic E-state index is 13.5. The van der Waals surface area contributed by atoms with E-state index in [2.05, 4.69) is 42.6 Å². The van der Waals surface area contributed by atoms with Crippen molar-refractivity contribution in [1.82, 2.24) is 4.90 Å². The minimum atomic E-state index is -0.0216. The number of carbonyl (C=O) groups is 2. The number of nitrogens with one attached hydrogen (secondary N) is 1. The van der Waals surface area contributed by atoms with Gasteiger partial charge >= 0.3 is 0 Å². The van der Waals surface area contributed by atoms with Gasteiger partial charge in [-0.05, 0) is 67.5 Å². The zero-order valence-corrected chi connectivity index (χ0v) is 20.4. The molecule has 5 nitrogen and oxygen atoms in total. The number of rotatable bonds is 6. The Morgan fingerprint density at radius 3 is 2.46 bits per heavy atom. The van der Waals surface area contributed by atoms with Gasteiger partial charge in [-0.25, -0.2) is 0 Å². The van der Waals surface area contributed by atoms with Gasteiger partial charge in [-0.1, -0.05) is 55.8 Å². The Morgan fingerprint density at radius 2 is 1.69 bits per heavy atom. The molecule has 1 fully saturated rings. The molecule has 5 rings (SSSR count). The molecule has 3 aromatic rings. The molecule has 2 heterocycles. The fourth-order valence-corrected chi connectivity index (χ4v) is 5.18. The molecule has 0 atom stereocenters. The number of piperidine rings is 1. The Morgan fingerprint density at radius 1 is 0.943 bits per heavy atom. The van der Waals surface area contributed by atoms with Crippen LogP contribution in [-0.2, 0) is 6.42 Å². The maximum atomic E-state index is 13.5. The molecule has 0 unspecified atom stereocenters. The van der Waals surface area contributed by atoms with Crippen LogP contribution in [-0.4, -0.2) is 36.3 Å². The van der Waals surface area contributed by atoms with Crippen molar-refractivity contribution in [2.45, 2.75) is 39.0 Å². The molecule has 0 radical (unpaired) electrons. The smallest absolute Gasteiger partial charge is 0.260 e. The summed E-state index contributed by atoms with van der Waals surface area (Å²) in [4.78, 5) is 30.7. The number of nitrogens with zero attached hydrogens (tertiary/aromatic N) is 2. The van der Waals surface area contributed by atoms with Crippen LogP contribution < -0.4 is 10.2 Å². The summed E-state index contributed by atoms with van der Waals surface area (Å²) in [5, 5.41) is 3.43. The van der Waals surface area contributed by atoms with Gasteiger partial charge in [0.25, 0.3) is 11.8 Å². The Balaban J connectivity index is 1.34. The number of amides is 2. The van der Waals surface area contributed by atoms with Crippen molar-refractivity contribution in [3.05, 3.63) is 89.5 Å². The number of benzene rings is 3. The van der Waals surface area contributed by atoms with E-state index < -0.39 is 0 Å². The van der Waals surface area contributed by atoms with Crippen LogP contribution in [0.25, 0.3) is 0 Å². The van der Waals surface area contributed by atoms with Crippen molar-refractivity contribution in [3.8, 4) is 0 Å². The lowest BCUT2D eigenvalue weighted by molar-refractivity contribution is 0.0690. The Hall–Kier alpha value is -3.60.